The fourth-order valence-electron chi connectivity index (χ4n) is 1.94. The summed E-state index contributed by atoms with van der Waals surface area (Å²) in [6.07, 6.45) is -4.52. The van der Waals surface area contributed by atoms with Gasteiger partial charge >= 0.3 is 6.18 Å². The van der Waals surface area contributed by atoms with Crippen LogP contribution in [0.1, 0.15) is 12.5 Å². The van der Waals surface area contributed by atoms with Gasteiger partial charge in [-0.1, -0.05) is 17.7 Å². The SMILES string of the molecule is Cc1ccc(S(=O)(=O)N2[C@H](C(F)(F)F)[C@@H]2C)cc1. The molecule has 0 saturated carbocycles. The quantitative estimate of drug-likeness (QED) is 0.779. The lowest BCUT2D eigenvalue weighted by Crippen LogP contribution is -2.24. The van der Waals surface area contributed by atoms with E-state index in [4.69, 9.17) is 0 Å². The summed E-state index contributed by atoms with van der Waals surface area (Å²) < 4.78 is 62.1. The molecule has 1 saturated heterocycles. The Labute approximate surface area is 103 Å². The van der Waals surface area contributed by atoms with Gasteiger partial charge in [-0.25, -0.2) is 8.42 Å². The minimum absolute atomic E-state index is 0.105. The molecule has 0 aromatic heterocycles. The molecule has 2 rings (SSSR count). The van der Waals surface area contributed by atoms with E-state index < -0.39 is 28.3 Å². The Morgan fingerprint density at radius 3 is 2.06 bits per heavy atom. The van der Waals surface area contributed by atoms with Gasteiger partial charge in [-0.2, -0.15) is 17.5 Å². The molecule has 1 unspecified atom stereocenters. The van der Waals surface area contributed by atoms with Gasteiger partial charge in [0.05, 0.1) is 4.90 Å². The van der Waals surface area contributed by atoms with Crippen LogP contribution in [0.15, 0.2) is 29.2 Å². The molecule has 0 radical (unpaired) electrons. The van der Waals surface area contributed by atoms with Crippen LogP contribution >= 0.6 is 0 Å². The molecule has 7 heteroatoms. The maximum atomic E-state index is 12.5. The van der Waals surface area contributed by atoms with Gasteiger partial charge in [-0.15, -0.1) is 0 Å². The summed E-state index contributed by atoms with van der Waals surface area (Å²) in [5.74, 6) is 0. The first-order valence-electron chi connectivity index (χ1n) is 5.32. The highest BCUT2D eigenvalue weighted by atomic mass is 32.2. The summed E-state index contributed by atoms with van der Waals surface area (Å²) in [7, 11) is -4.05. The Balaban J connectivity index is 2.32. The lowest BCUT2D eigenvalue weighted by Gasteiger charge is -2.08. The molecular formula is C11H12F3NO2S. The molecule has 0 N–H and O–H groups in total. The highest BCUT2D eigenvalue weighted by Gasteiger charge is 2.65. The van der Waals surface area contributed by atoms with Gasteiger partial charge < -0.3 is 0 Å². The first kappa shape index (κ1) is 13.4. The molecule has 3 nitrogen and oxygen atoms in total. The van der Waals surface area contributed by atoms with Gasteiger partial charge in [0.2, 0.25) is 10.0 Å². The molecule has 100 valence electrons. The Hall–Kier alpha value is -1.08. The maximum absolute atomic E-state index is 12.5. The van der Waals surface area contributed by atoms with E-state index in [9.17, 15) is 21.6 Å². The Morgan fingerprint density at radius 1 is 1.17 bits per heavy atom. The second kappa shape index (κ2) is 3.96. The summed E-state index contributed by atoms with van der Waals surface area (Å²) in [4.78, 5) is -0.105. The van der Waals surface area contributed by atoms with Gasteiger partial charge in [0.25, 0.3) is 0 Å². The van der Waals surface area contributed by atoms with Crippen molar-refractivity contribution >= 4 is 10.0 Å². The van der Waals surface area contributed by atoms with Crippen LogP contribution in [-0.2, 0) is 10.0 Å². The molecule has 1 aromatic carbocycles. The molecule has 0 bridgehead atoms. The van der Waals surface area contributed by atoms with Crippen molar-refractivity contribution in [3.05, 3.63) is 29.8 Å². The van der Waals surface area contributed by atoms with Crippen LogP contribution in [0.2, 0.25) is 0 Å². The van der Waals surface area contributed by atoms with Crippen LogP contribution in [0.25, 0.3) is 0 Å². The van der Waals surface area contributed by atoms with E-state index in [1.165, 1.54) is 19.1 Å². The van der Waals surface area contributed by atoms with Crippen LogP contribution in [0, 0.1) is 6.92 Å². The second-order valence-electron chi connectivity index (χ2n) is 4.38. The highest BCUT2D eigenvalue weighted by Crippen LogP contribution is 2.44. The number of aryl methyl sites for hydroxylation is 1. The van der Waals surface area contributed by atoms with Gasteiger partial charge in [0, 0.05) is 6.04 Å². The summed E-state index contributed by atoms with van der Waals surface area (Å²) in [6, 6.07) is 2.83. The maximum Gasteiger partial charge on any atom is 0.406 e. The van der Waals surface area contributed by atoms with E-state index in [0.29, 0.717) is 4.31 Å². The summed E-state index contributed by atoms with van der Waals surface area (Å²) in [6.45, 7) is 3.03. The van der Waals surface area contributed by atoms with Gasteiger partial charge in [-0.05, 0) is 26.0 Å². The summed E-state index contributed by atoms with van der Waals surface area (Å²) in [5.41, 5.74) is 0.847. The number of benzene rings is 1. The van der Waals surface area contributed by atoms with Gasteiger partial charge in [0.1, 0.15) is 6.04 Å². The number of hydrogen-bond acceptors (Lipinski definition) is 2. The van der Waals surface area contributed by atoms with Crippen molar-refractivity contribution in [2.75, 3.05) is 0 Å². The zero-order valence-electron chi connectivity index (χ0n) is 9.77. The van der Waals surface area contributed by atoms with Crippen LogP contribution in [0.3, 0.4) is 0 Å². The molecule has 1 aliphatic heterocycles. The minimum Gasteiger partial charge on any atom is -0.207 e. The molecule has 0 aliphatic carbocycles. The Morgan fingerprint density at radius 2 is 1.67 bits per heavy atom. The van der Waals surface area contributed by atoms with Crippen molar-refractivity contribution in [3.63, 3.8) is 0 Å². The standard InChI is InChI=1S/C11H12F3NO2S/c1-7-3-5-9(6-4-7)18(16,17)15-8(2)10(15)11(12,13)14/h3-6,8,10H,1-2H3/t8-,10-,15?/m0/s1. The highest BCUT2D eigenvalue weighted by molar-refractivity contribution is 7.89. The molecule has 1 aliphatic rings. The number of rotatable bonds is 2. The number of sulfonamides is 1. The molecule has 1 heterocycles. The predicted molar refractivity (Wildman–Crippen MR) is 59.5 cm³/mol. The average molecular weight is 279 g/mol. The van der Waals surface area contributed by atoms with Crippen molar-refractivity contribution in [1.29, 1.82) is 0 Å². The van der Waals surface area contributed by atoms with Crippen molar-refractivity contribution in [1.82, 2.24) is 4.31 Å². The first-order valence-corrected chi connectivity index (χ1v) is 6.76. The molecule has 3 atom stereocenters. The molecular weight excluding hydrogens is 267 g/mol. The number of hydrogen-bond donors (Lipinski definition) is 0. The molecule has 18 heavy (non-hydrogen) atoms. The third-order valence-electron chi connectivity index (χ3n) is 2.97. The lowest BCUT2D eigenvalue weighted by molar-refractivity contribution is -0.133. The van der Waals surface area contributed by atoms with Crippen molar-refractivity contribution in [3.8, 4) is 0 Å². The van der Waals surface area contributed by atoms with E-state index in [1.807, 2.05) is 0 Å². The smallest absolute Gasteiger partial charge is 0.207 e. The van der Waals surface area contributed by atoms with Crippen LogP contribution in [-0.4, -0.2) is 31.0 Å². The van der Waals surface area contributed by atoms with Crippen molar-refractivity contribution in [2.45, 2.75) is 37.0 Å². The third kappa shape index (κ3) is 2.12. The normalized spacial score (nSPS) is 28.2. The topological polar surface area (TPSA) is 37.1 Å². The first-order chi connectivity index (χ1) is 8.15. The van der Waals surface area contributed by atoms with Crippen molar-refractivity contribution in [2.24, 2.45) is 0 Å². The Kier molecular flexibility index (Phi) is 2.94. The predicted octanol–water partition coefficient (Wildman–Crippen LogP) is 2.32. The second-order valence-corrected chi connectivity index (χ2v) is 6.22. The van der Waals surface area contributed by atoms with E-state index in [2.05, 4.69) is 0 Å². The zero-order valence-corrected chi connectivity index (χ0v) is 10.6. The van der Waals surface area contributed by atoms with Gasteiger partial charge in [0.15, 0.2) is 0 Å². The minimum atomic E-state index is -4.52. The average Bonchev–Trinajstić information content (AvgIpc) is 2.91. The van der Waals surface area contributed by atoms with Crippen LogP contribution in [0.4, 0.5) is 13.2 Å². The lowest BCUT2D eigenvalue weighted by atomic mass is 10.2. The molecule has 0 spiro atoms. The van der Waals surface area contributed by atoms with Crippen LogP contribution < -0.4 is 0 Å². The number of nitrogens with zero attached hydrogens (tertiary/aromatic N) is 1. The monoisotopic (exact) mass is 279 g/mol. The summed E-state index contributed by atoms with van der Waals surface area (Å²) in [5, 5.41) is 0. The fourth-order valence-corrected chi connectivity index (χ4v) is 3.76. The molecule has 0 amide bonds. The van der Waals surface area contributed by atoms with Gasteiger partial charge in [-0.3, -0.25) is 0 Å². The number of halogens is 3. The van der Waals surface area contributed by atoms with Crippen LogP contribution in [0.5, 0.6) is 0 Å². The number of alkyl halides is 3. The fraction of sp³-hybridized carbons (Fsp3) is 0.455. The Bertz CT molecular complexity index is 551. The van der Waals surface area contributed by atoms with E-state index in [-0.39, 0.29) is 4.90 Å². The largest absolute Gasteiger partial charge is 0.406 e. The van der Waals surface area contributed by atoms with Crippen molar-refractivity contribution < 1.29 is 21.6 Å². The zero-order chi connectivity index (χ0) is 13.7. The van der Waals surface area contributed by atoms with E-state index >= 15 is 0 Å². The van der Waals surface area contributed by atoms with E-state index in [1.54, 1.807) is 19.1 Å². The third-order valence-corrected chi connectivity index (χ3v) is 4.96. The summed E-state index contributed by atoms with van der Waals surface area (Å²) >= 11 is 0. The molecule has 1 aromatic rings. The van der Waals surface area contributed by atoms with E-state index in [0.717, 1.165) is 5.56 Å². The molecule has 1 fully saturated rings.